The predicted octanol–water partition coefficient (Wildman–Crippen LogP) is -1.45. The summed E-state index contributed by atoms with van der Waals surface area (Å²) in [4.78, 5) is 14.8. The van der Waals surface area contributed by atoms with Crippen molar-refractivity contribution in [2.75, 3.05) is 11.0 Å². The number of nitrogens with zero attached hydrogens (tertiary/aromatic N) is 1. The van der Waals surface area contributed by atoms with Crippen molar-refractivity contribution in [1.82, 2.24) is 5.43 Å². The molecule has 11 heteroatoms. The lowest BCUT2D eigenvalue weighted by molar-refractivity contribution is 0.0696. The molecule has 1 rings (SSSR count). The van der Waals surface area contributed by atoms with E-state index in [0.717, 1.165) is 24.7 Å². The Hall–Kier alpha value is -2.21. The molecule has 0 unspecified atom stereocenters. The van der Waals surface area contributed by atoms with Gasteiger partial charge in [0, 0.05) is 5.56 Å². The molecule has 1 aromatic carbocycles. The lowest BCUT2D eigenvalue weighted by Crippen LogP contribution is -2.19. The molecule has 0 aliphatic carbocycles. The van der Waals surface area contributed by atoms with E-state index in [9.17, 15) is 18.3 Å². The van der Waals surface area contributed by atoms with Crippen LogP contribution in [0.5, 0.6) is 0 Å². The molecule has 0 saturated heterocycles. The summed E-state index contributed by atoms with van der Waals surface area (Å²) in [5, 5.41) is 18.2. The fraction of sp³-hybridized carbons (Fsp3) is 0.200. The van der Waals surface area contributed by atoms with Gasteiger partial charge in [-0.15, -0.1) is 0 Å². The Morgan fingerprint density at radius 2 is 2.10 bits per heavy atom. The Bertz CT molecular complexity index is 643. The predicted molar refractivity (Wildman–Crippen MR) is 76.9 cm³/mol. The molecule has 0 heterocycles. The van der Waals surface area contributed by atoms with Crippen molar-refractivity contribution in [2.24, 2.45) is 10.8 Å². The molecule has 0 saturated carbocycles. The van der Waals surface area contributed by atoms with Crippen molar-refractivity contribution in [3.63, 3.8) is 0 Å². The van der Waals surface area contributed by atoms with Crippen LogP contribution in [0.2, 0.25) is 0 Å². The number of nitrogens with two attached hydrogens (primary N) is 1. The monoisotopic (exact) mass is 320 g/mol. The maximum atomic E-state index is 11.3. The number of nitrogens with one attached hydrogen (secondary N) is 2. The molecule has 0 aliphatic heterocycles. The molecule has 0 fully saturated rings. The maximum Gasteiger partial charge on any atom is 0.335 e. The lowest BCUT2D eigenvalue weighted by atomic mass is 10.1. The minimum Gasteiger partial charge on any atom is -0.478 e. The van der Waals surface area contributed by atoms with Gasteiger partial charge in [-0.1, -0.05) is 0 Å². The van der Waals surface area contributed by atoms with Crippen molar-refractivity contribution in [3.8, 4) is 0 Å². The fourth-order valence-electron chi connectivity index (χ4n) is 1.45. The van der Waals surface area contributed by atoms with Crippen LogP contribution in [-0.2, 0) is 16.6 Å². The quantitative estimate of drug-likeness (QED) is 0.183. The van der Waals surface area contributed by atoms with Gasteiger partial charge in [-0.05, 0) is 12.1 Å². The first-order valence-electron chi connectivity index (χ1n) is 5.26. The molecule has 0 bridgehead atoms. The summed E-state index contributed by atoms with van der Waals surface area (Å²) < 4.78 is 24.8. The molecule has 118 valence electrons. The van der Waals surface area contributed by atoms with Crippen LogP contribution in [0.1, 0.15) is 15.9 Å². The highest BCUT2D eigenvalue weighted by atomic mass is 32.2. The van der Waals surface area contributed by atoms with Crippen LogP contribution in [0.25, 0.3) is 0 Å². The third-order valence-electron chi connectivity index (χ3n) is 2.18. The Morgan fingerprint density at radius 3 is 2.52 bits per heavy atom. The highest BCUT2D eigenvalue weighted by Crippen LogP contribution is 2.31. The van der Waals surface area contributed by atoms with Gasteiger partial charge in [0.25, 0.3) is 0 Å². The molecule has 1 aromatic rings. The van der Waals surface area contributed by atoms with Gasteiger partial charge in [-0.25, -0.2) is 24.0 Å². The minimum absolute atomic E-state index is 0. The number of carboxylic acids is 1. The fourth-order valence-corrected chi connectivity index (χ4v) is 2.05. The number of benzene rings is 1. The van der Waals surface area contributed by atoms with E-state index in [1.807, 2.05) is 0 Å². The summed E-state index contributed by atoms with van der Waals surface area (Å²) >= 11 is 0. The smallest absolute Gasteiger partial charge is 0.335 e. The summed E-state index contributed by atoms with van der Waals surface area (Å²) in [5.41, 5.74) is 2.06. The second-order valence-corrected chi connectivity index (χ2v) is 5.54. The van der Waals surface area contributed by atoms with Crippen LogP contribution in [0.3, 0.4) is 0 Å². The largest absolute Gasteiger partial charge is 0.478 e. The van der Waals surface area contributed by atoms with Crippen LogP contribution < -0.4 is 16.0 Å². The van der Waals surface area contributed by atoms with Crippen molar-refractivity contribution in [1.29, 1.82) is 0 Å². The number of hydrazine groups is 1. The molecule has 10 nitrogen and oxygen atoms in total. The number of aliphatic imine (C=N–C) groups is 1. The molecule has 0 aliphatic rings. The van der Waals surface area contributed by atoms with E-state index < -0.39 is 22.6 Å². The Morgan fingerprint density at radius 1 is 1.48 bits per heavy atom. The first-order valence-corrected chi connectivity index (χ1v) is 7.15. The summed E-state index contributed by atoms with van der Waals surface area (Å²) in [6, 6.07) is 2.31. The average molecular weight is 320 g/mol. The van der Waals surface area contributed by atoms with Gasteiger partial charge < -0.3 is 21.1 Å². The van der Waals surface area contributed by atoms with E-state index in [4.69, 9.17) is 10.9 Å². The minimum atomic E-state index is -3.62. The van der Waals surface area contributed by atoms with Gasteiger partial charge in [-0.3, -0.25) is 4.72 Å². The van der Waals surface area contributed by atoms with E-state index >= 15 is 0 Å². The number of sulfonamides is 1. The van der Waals surface area contributed by atoms with Gasteiger partial charge in [0.15, 0.2) is 0 Å². The number of hydrogen-bond acceptors (Lipinski definition) is 6. The molecule has 0 spiro atoms. The maximum absolute atomic E-state index is 11.3. The molecular formula is C10H16N4O6S. The van der Waals surface area contributed by atoms with Crippen molar-refractivity contribution < 1.29 is 28.9 Å². The van der Waals surface area contributed by atoms with Crippen LogP contribution in [0.4, 0.5) is 11.4 Å². The van der Waals surface area contributed by atoms with Gasteiger partial charge in [0.1, 0.15) is 6.34 Å². The van der Waals surface area contributed by atoms with Gasteiger partial charge in [-0.2, -0.15) is 0 Å². The molecule has 0 aromatic heterocycles. The zero-order chi connectivity index (χ0) is 15.3. The van der Waals surface area contributed by atoms with E-state index in [2.05, 4.69) is 15.1 Å². The lowest BCUT2D eigenvalue weighted by Gasteiger charge is -2.13. The molecule has 21 heavy (non-hydrogen) atoms. The van der Waals surface area contributed by atoms with Crippen molar-refractivity contribution in [3.05, 3.63) is 23.3 Å². The van der Waals surface area contributed by atoms with Crippen LogP contribution >= 0.6 is 0 Å². The van der Waals surface area contributed by atoms with Gasteiger partial charge >= 0.3 is 5.97 Å². The normalized spacial score (nSPS) is 11.0. The number of hydrogen-bond donors (Lipinski definition) is 5. The third-order valence-corrected chi connectivity index (χ3v) is 2.76. The first-order chi connectivity index (χ1) is 9.28. The number of anilines is 1. The Balaban J connectivity index is 0.00000400. The second-order valence-electron chi connectivity index (χ2n) is 3.79. The number of carboxylic acid groups (broad SMARTS) is 1. The molecule has 0 amide bonds. The molecular weight excluding hydrogens is 304 g/mol. The number of carbonyl (C=O) groups is 1. The van der Waals surface area contributed by atoms with E-state index in [0.29, 0.717) is 0 Å². The topological polar surface area (TPSA) is 186 Å². The highest BCUT2D eigenvalue weighted by Gasteiger charge is 2.16. The number of aliphatic hydroxyl groups excluding tert-OH is 1. The molecule has 0 radical (unpaired) electrons. The van der Waals surface area contributed by atoms with Crippen LogP contribution in [-0.4, -0.2) is 42.7 Å². The zero-order valence-corrected chi connectivity index (χ0v) is 11.8. The summed E-state index contributed by atoms with van der Waals surface area (Å²) in [6.07, 6.45) is 1.98. The number of aromatic carboxylic acids is 1. The Kier molecular flexibility index (Phi) is 6.75. The SMILES string of the molecule is CS(=O)(=O)Nc1c(CO)cc(C(=O)O)cc1N=CNN.O. The van der Waals surface area contributed by atoms with E-state index in [1.54, 1.807) is 0 Å². The Labute approximate surface area is 120 Å². The summed E-state index contributed by atoms with van der Waals surface area (Å²) in [7, 11) is -3.62. The third kappa shape index (κ3) is 5.35. The summed E-state index contributed by atoms with van der Waals surface area (Å²) in [6.45, 7) is -0.558. The molecule has 0 atom stereocenters. The van der Waals surface area contributed by atoms with Crippen LogP contribution in [0, 0.1) is 0 Å². The van der Waals surface area contributed by atoms with Crippen molar-refractivity contribution in [2.45, 2.75) is 6.61 Å². The number of aliphatic hydroxyl groups is 1. The van der Waals surface area contributed by atoms with Crippen molar-refractivity contribution >= 4 is 33.7 Å². The summed E-state index contributed by atoms with van der Waals surface area (Å²) in [5.74, 6) is 3.78. The van der Waals surface area contributed by atoms with Gasteiger partial charge in [0.05, 0.1) is 29.8 Å². The standard InChI is InChI=1S/C10H14N4O5S.H2O/c1-20(18,19)14-9-7(4-15)2-6(10(16)17)3-8(9)12-5-13-11;/h2-3,5,14-15H,4,11H2,1H3,(H,12,13)(H,16,17);1H2. The zero-order valence-electron chi connectivity index (χ0n) is 11.0. The second kappa shape index (κ2) is 7.54. The molecule has 8 N–H and O–H groups in total. The van der Waals surface area contributed by atoms with E-state index in [-0.39, 0.29) is 28.0 Å². The first kappa shape index (κ1) is 18.8. The number of rotatable bonds is 6. The van der Waals surface area contributed by atoms with E-state index in [1.165, 1.54) is 0 Å². The van der Waals surface area contributed by atoms with Crippen LogP contribution in [0.15, 0.2) is 17.1 Å². The average Bonchev–Trinajstić information content (AvgIpc) is 2.35. The highest BCUT2D eigenvalue weighted by molar-refractivity contribution is 7.92. The van der Waals surface area contributed by atoms with Gasteiger partial charge in [0.2, 0.25) is 10.0 Å².